The fourth-order valence-corrected chi connectivity index (χ4v) is 1.07. The maximum Gasteiger partial charge on any atom is 0.0621 e. The van der Waals surface area contributed by atoms with Gasteiger partial charge in [0.1, 0.15) is 0 Å². The highest BCUT2D eigenvalue weighted by atomic mass is 14.3. The fourth-order valence-electron chi connectivity index (χ4n) is 1.07. The van der Waals surface area contributed by atoms with Gasteiger partial charge in [0.25, 0.3) is 0 Å². The predicted octanol–water partition coefficient (Wildman–Crippen LogP) is 2.47. The Morgan fingerprint density at radius 1 is 0.692 bits per heavy atom. The lowest BCUT2D eigenvalue weighted by atomic mass is 9.93. The van der Waals surface area contributed by atoms with Crippen molar-refractivity contribution in [3.8, 4) is 18.2 Å². The van der Waals surface area contributed by atoms with E-state index < -0.39 is 0 Å². The van der Waals surface area contributed by atoms with Crippen molar-refractivity contribution in [2.75, 3.05) is 0 Å². The van der Waals surface area contributed by atoms with Gasteiger partial charge in [-0.25, -0.2) is 0 Å². The summed E-state index contributed by atoms with van der Waals surface area (Å²) in [4.78, 5) is 0. The highest BCUT2D eigenvalue weighted by molar-refractivity contribution is 4.96. The van der Waals surface area contributed by atoms with E-state index in [1.54, 1.807) is 0 Å². The van der Waals surface area contributed by atoms with Crippen LogP contribution in [-0.4, -0.2) is 0 Å². The van der Waals surface area contributed by atoms with Gasteiger partial charge in [-0.05, 0) is 25.2 Å². The third kappa shape index (κ3) is 6.85. The van der Waals surface area contributed by atoms with Gasteiger partial charge in [-0.15, -0.1) is 0 Å². The molecule has 0 spiro atoms. The summed E-state index contributed by atoms with van der Waals surface area (Å²) in [7, 11) is 0. The zero-order valence-electron chi connectivity index (χ0n) is 7.58. The molecular weight excluding hydrogens is 162 g/mol. The summed E-state index contributed by atoms with van der Waals surface area (Å²) in [5, 5.41) is 25.1. The summed E-state index contributed by atoms with van der Waals surface area (Å²) in [6, 6.07) is 6.19. The van der Waals surface area contributed by atoms with E-state index >= 15 is 0 Å². The Hall–Kier alpha value is -1.53. The molecule has 0 unspecified atom stereocenters. The van der Waals surface area contributed by atoms with Gasteiger partial charge in [0.2, 0.25) is 0 Å². The van der Waals surface area contributed by atoms with Crippen LogP contribution in [0.2, 0.25) is 0 Å². The molecule has 0 aromatic heterocycles. The van der Waals surface area contributed by atoms with Crippen molar-refractivity contribution in [2.24, 2.45) is 0 Å². The topological polar surface area (TPSA) is 71.4 Å². The minimum absolute atomic E-state index is 0.492. The van der Waals surface area contributed by atoms with E-state index in [0.717, 1.165) is 19.3 Å². The molecule has 0 aromatic carbocycles. The quantitative estimate of drug-likeness (QED) is 0.621. The van der Waals surface area contributed by atoms with Crippen LogP contribution in [0.4, 0.5) is 0 Å². The Morgan fingerprint density at radius 2 is 1.00 bits per heavy atom. The normalized spacial score (nSPS) is 8.77. The molecule has 67 valence electrons. The summed E-state index contributed by atoms with van der Waals surface area (Å²) in [6.45, 7) is 0. The lowest BCUT2D eigenvalue weighted by Crippen LogP contribution is -1.96. The summed E-state index contributed by atoms with van der Waals surface area (Å²) >= 11 is 0. The van der Waals surface area contributed by atoms with Crippen molar-refractivity contribution in [2.45, 2.75) is 38.5 Å². The molecular formula is C10H12N3. The van der Waals surface area contributed by atoms with Gasteiger partial charge in [-0.3, -0.25) is 0 Å². The van der Waals surface area contributed by atoms with E-state index in [1.807, 2.05) is 0 Å². The van der Waals surface area contributed by atoms with Crippen LogP contribution in [0, 0.1) is 39.9 Å². The van der Waals surface area contributed by atoms with Gasteiger partial charge in [-0.2, -0.15) is 15.8 Å². The Morgan fingerprint density at radius 3 is 1.23 bits per heavy atom. The predicted molar refractivity (Wildman–Crippen MR) is 47.8 cm³/mol. The molecule has 0 amide bonds. The van der Waals surface area contributed by atoms with E-state index in [0.29, 0.717) is 19.3 Å². The molecule has 0 N–H and O–H groups in total. The standard InChI is InChI=1S/C10H12N3/c11-7-1-4-10(5-2-8-12)6-3-9-13/h1-6H2. The number of hydrogen-bond acceptors (Lipinski definition) is 3. The number of hydrogen-bond donors (Lipinski definition) is 0. The lowest BCUT2D eigenvalue weighted by Gasteiger charge is -2.09. The summed E-state index contributed by atoms with van der Waals surface area (Å²) in [5.74, 6) is 1.17. The first kappa shape index (κ1) is 11.5. The minimum atomic E-state index is 0.492. The molecule has 0 atom stereocenters. The van der Waals surface area contributed by atoms with Crippen LogP contribution >= 0.6 is 0 Å². The first-order valence-corrected chi connectivity index (χ1v) is 4.29. The molecule has 13 heavy (non-hydrogen) atoms. The third-order valence-corrected chi connectivity index (χ3v) is 1.77. The Balaban J connectivity index is 3.70. The number of nitrogens with zero attached hydrogens (tertiary/aromatic N) is 3. The highest BCUT2D eigenvalue weighted by Crippen LogP contribution is 2.20. The van der Waals surface area contributed by atoms with Gasteiger partial charge in [0.15, 0.2) is 0 Å². The van der Waals surface area contributed by atoms with Gasteiger partial charge < -0.3 is 0 Å². The van der Waals surface area contributed by atoms with Crippen LogP contribution in [-0.2, 0) is 0 Å². The monoisotopic (exact) mass is 174 g/mol. The molecule has 0 aliphatic rings. The molecule has 0 saturated heterocycles. The zero-order chi connectivity index (χ0) is 9.94. The molecule has 3 heteroatoms. The Bertz CT molecular complexity index is 196. The zero-order valence-corrected chi connectivity index (χ0v) is 7.58. The van der Waals surface area contributed by atoms with Crippen molar-refractivity contribution >= 4 is 0 Å². The smallest absolute Gasteiger partial charge is 0.0621 e. The number of rotatable bonds is 6. The lowest BCUT2D eigenvalue weighted by molar-refractivity contribution is 0.669. The molecule has 0 heterocycles. The van der Waals surface area contributed by atoms with Gasteiger partial charge >= 0.3 is 0 Å². The Kier molecular flexibility index (Phi) is 7.56. The molecule has 0 fully saturated rings. The van der Waals surface area contributed by atoms with Crippen LogP contribution < -0.4 is 0 Å². The fraction of sp³-hybridized carbons (Fsp3) is 0.600. The van der Waals surface area contributed by atoms with Crippen LogP contribution in [0.1, 0.15) is 38.5 Å². The van der Waals surface area contributed by atoms with Gasteiger partial charge in [0.05, 0.1) is 18.2 Å². The van der Waals surface area contributed by atoms with Gasteiger partial charge in [0, 0.05) is 19.3 Å². The van der Waals surface area contributed by atoms with Crippen LogP contribution in [0.15, 0.2) is 0 Å². The van der Waals surface area contributed by atoms with Crippen LogP contribution in [0.5, 0.6) is 0 Å². The first-order chi connectivity index (χ1) is 6.35. The van der Waals surface area contributed by atoms with E-state index in [-0.39, 0.29) is 0 Å². The molecule has 3 nitrogen and oxygen atoms in total. The van der Waals surface area contributed by atoms with Crippen molar-refractivity contribution in [3.63, 3.8) is 0 Å². The van der Waals surface area contributed by atoms with E-state index in [4.69, 9.17) is 15.8 Å². The largest absolute Gasteiger partial charge is 0.198 e. The second kappa shape index (κ2) is 8.57. The van der Waals surface area contributed by atoms with Crippen molar-refractivity contribution in [1.29, 1.82) is 15.8 Å². The van der Waals surface area contributed by atoms with E-state index in [9.17, 15) is 0 Å². The SMILES string of the molecule is N#CCC[C](CCC#N)CCC#N. The van der Waals surface area contributed by atoms with Crippen molar-refractivity contribution in [3.05, 3.63) is 5.92 Å². The first-order valence-electron chi connectivity index (χ1n) is 4.29. The molecule has 0 rings (SSSR count). The summed E-state index contributed by atoms with van der Waals surface area (Å²) in [5.41, 5.74) is 0. The number of nitriles is 3. The van der Waals surface area contributed by atoms with Crippen molar-refractivity contribution < 1.29 is 0 Å². The van der Waals surface area contributed by atoms with E-state index in [2.05, 4.69) is 18.2 Å². The average Bonchev–Trinajstić information content (AvgIpc) is 2.17. The van der Waals surface area contributed by atoms with Gasteiger partial charge in [-0.1, -0.05) is 0 Å². The third-order valence-electron chi connectivity index (χ3n) is 1.77. The molecule has 0 aliphatic heterocycles. The highest BCUT2D eigenvalue weighted by Gasteiger charge is 2.08. The van der Waals surface area contributed by atoms with Crippen LogP contribution in [0.3, 0.4) is 0 Å². The second-order valence-electron chi connectivity index (χ2n) is 2.72. The maximum atomic E-state index is 8.37. The maximum absolute atomic E-state index is 8.37. The second-order valence-corrected chi connectivity index (χ2v) is 2.72. The summed E-state index contributed by atoms with van der Waals surface area (Å²) < 4.78 is 0. The molecule has 1 radical (unpaired) electrons. The Labute approximate surface area is 79.2 Å². The summed E-state index contributed by atoms with van der Waals surface area (Å²) in [6.07, 6.45) is 3.68. The van der Waals surface area contributed by atoms with Crippen LogP contribution in [0.25, 0.3) is 0 Å². The molecule has 0 saturated carbocycles. The minimum Gasteiger partial charge on any atom is -0.198 e. The molecule has 0 aromatic rings. The van der Waals surface area contributed by atoms with Crippen molar-refractivity contribution in [1.82, 2.24) is 0 Å². The molecule has 0 bridgehead atoms. The molecule has 0 aliphatic carbocycles. The average molecular weight is 174 g/mol. The van der Waals surface area contributed by atoms with E-state index in [1.165, 1.54) is 5.92 Å².